The molecule has 0 fully saturated rings. The van der Waals surface area contributed by atoms with Crippen molar-refractivity contribution in [3.63, 3.8) is 0 Å². The summed E-state index contributed by atoms with van der Waals surface area (Å²) in [6.45, 7) is 0. The van der Waals surface area contributed by atoms with Crippen LogP contribution in [0.4, 0.5) is 0 Å². The third kappa shape index (κ3) is 3.60. The molecule has 0 saturated carbocycles. The molecule has 6 heteroatoms. The molecule has 0 bridgehead atoms. The molecule has 0 atom stereocenters. The van der Waals surface area contributed by atoms with Gasteiger partial charge in [0.1, 0.15) is 34.3 Å². The van der Waals surface area contributed by atoms with Gasteiger partial charge in [-0.05, 0) is 30.4 Å². The van der Waals surface area contributed by atoms with E-state index in [2.05, 4.69) is 0 Å². The van der Waals surface area contributed by atoms with Crippen molar-refractivity contribution >= 4 is 11.9 Å². The Morgan fingerprint density at radius 1 is 0.958 bits per heavy atom. The van der Waals surface area contributed by atoms with Crippen LogP contribution in [0.15, 0.2) is 36.4 Å². The van der Waals surface area contributed by atoms with E-state index in [4.69, 9.17) is 14.2 Å². The first-order valence-corrected chi connectivity index (χ1v) is 7.04. The molecule has 0 amide bonds. The molecule has 0 saturated heterocycles. The van der Waals surface area contributed by atoms with E-state index in [0.717, 1.165) is 0 Å². The van der Waals surface area contributed by atoms with Crippen LogP contribution in [0, 0.1) is 0 Å². The average molecular weight is 330 g/mol. The third-order valence-electron chi connectivity index (χ3n) is 3.39. The van der Waals surface area contributed by atoms with E-state index < -0.39 is 0 Å². The van der Waals surface area contributed by atoms with Crippen LogP contribution in [0.2, 0.25) is 0 Å². The lowest BCUT2D eigenvalue weighted by Gasteiger charge is -2.13. The van der Waals surface area contributed by atoms with Crippen molar-refractivity contribution in [2.45, 2.75) is 0 Å². The minimum atomic E-state index is -0.380. The van der Waals surface area contributed by atoms with Crippen LogP contribution in [-0.2, 0) is 0 Å². The van der Waals surface area contributed by atoms with E-state index in [-0.39, 0.29) is 22.8 Å². The molecule has 2 aromatic carbocycles. The van der Waals surface area contributed by atoms with Crippen molar-refractivity contribution < 1.29 is 29.2 Å². The number of phenolic OH excluding ortho intramolecular Hbond substituents is 2. The second kappa shape index (κ2) is 7.41. The average Bonchev–Trinajstić information content (AvgIpc) is 2.60. The molecule has 0 aliphatic heterocycles. The summed E-state index contributed by atoms with van der Waals surface area (Å²) in [6, 6.07) is 7.20. The number of ketones is 1. The highest BCUT2D eigenvalue weighted by molar-refractivity contribution is 6.10. The first-order chi connectivity index (χ1) is 11.5. The summed E-state index contributed by atoms with van der Waals surface area (Å²) in [5, 5.41) is 19.2. The molecular weight excluding hydrogens is 312 g/mol. The predicted molar refractivity (Wildman–Crippen MR) is 89.2 cm³/mol. The molecule has 24 heavy (non-hydrogen) atoms. The maximum Gasteiger partial charge on any atom is 0.193 e. The fourth-order valence-corrected chi connectivity index (χ4v) is 2.17. The quantitative estimate of drug-likeness (QED) is 0.481. The Kier molecular flexibility index (Phi) is 5.31. The van der Waals surface area contributed by atoms with Crippen molar-refractivity contribution in [2.75, 3.05) is 21.3 Å². The van der Waals surface area contributed by atoms with Gasteiger partial charge in [-0.3, -0.25) is 4.79 Å². The molecule has 0 aromatic heterocycles. The van der Waals surface area contributed by atoms with Gasteiger partial charge < -0.3 is 24.4 Å². The molecule has 0 aliphatic carbocycles. The molecule has 2 aromatic rings. The van der Waals surface area contributed by atoms with Crippen molar-refractivity contribution in [3.8, 4) is 28.7 Å². The number of aromatic hydroxyl groups is 2. The van der Waals surface area contributed by atoms with Gasteiger partial charge >= 0.3 is 0 Å². The van der Waals surface area contributed by atoms with E-state index in [0.29, 0.717) is 22.8 Å². The van der Waals surface area contributed by atoms with Crippen molar-refractivity contribution in [1.82, 2.24) is 0 Å². The number of carbonyl (C=O) groups excluding carboxylic acids is 1. The van der Waals surface area contributed by atoms with Crippen molar-refractivity contribution in [1.29, 1.82) is 0 Å². The van der Waals surface area contributed by atoms with Crippen LogP contribution in [0.1, 0.15) is 15.9 Å². The van der Waals surface area contributed by atoms with E-state index in [1.807, 2.05) is 0 Å². The number of hydrogen-bond acceptors (Lipinski definition) is 6. The minimum absolute atomic E-state index is 0.0143. The summed E-state index contributed by atoms with van der Waals surface area (Å²) in [6.07, 6.45) is 2.67. The fraction of sp³-hybridized carbons (Fsp3) is 0.167. The van der Waals surface area contributed by atoms with Gasteiger partial charge in [0.25, 0.3) is 0 Å². The molecule has 0 radical (unpaired) electrons. The van der Waals surface area contributed by atoms with Gasteiger partial charge in [0.05, 0.1) is 21.3 Å². The number of methoxy groups -OCH3 is 3. The zero-order chi connectivity index (χ0) is 17.7. The maximum absolute atomic E-state index is 12.5. The predicted octanol–water partition coefficient (Wildman–Crippen LogP) is 3.02. The summed E-state index contributed by atoms with van der Waals surface area (Å²) >= 11 is 0. The SMILES string of the molecule is COc1cc(OC)c(C(=O)C=Cc2cc(O)ccc2O)c(OC)c1. The third-order valence-corrected chi connectivity index (χ3v) is 3.39. The second-order valence-corrected chi connectivity index (χ2v) is 4.85. The van der Waals surface area contributed by atoms with Crippen molar-refractivity contribution in [2.24, 2.45) is 0 Å². The van der Waals surface area contributed by atoms with Gasteiger partial charge in [-0.1, -0.05) is 0 Å². The van der Waals surface area contributed by atoms with Crippen LogP contribution in [-0.4, -0.2) is 37.3 Å². The van der Waals surface area contributed by atoms with E-state index in [1.54, 1.807) is 12.1 Å². The second-order valence-electron chi connectivity index (χ2n) is 4.85. The Hall–Kier alpha value is -3.15. The Bertz CT molecular complexity index is 754. The van der Waals surface area contributed by atoms with Gasteiger partial charge in [0.2, 0.25) is 0 Å². The number of phenols is 2. The highest BCUT2D eigenvalue weighted by Crippen LogP contribution is 2.35. The van der Waals surface area contributed by atoms with Gasteiger partial charge in [-0.25, -0.2) is 0 Å². The van der Waals surface area contributed by atoms with Gasteiger partial charge in [0, 0.05) is 17.7 Å². The van der Waals surface area contributed by atoms with Crippen LogP contribution in [0.5, 0.6) is 28.7 Å². The molecule has 0 aliphatic rings. The molecule has 0 spiro atoms. The van der Waals surface area contributed by atoms with Crippen LogP contribution in [0.3, 0.4) is 0 Å². The Labute approximate surface area is 139 Å². The summed E-state index contributed by atoms with van der Waals surface area (Å²) < 4.78 is 15.6. The number of allylic oxidation sites excluding steroid dienone is 1. The zero-order valence-electron chi connectivity index (χ0n) is 13.6. The largest absolute Gasteiger partial charge is 0.508 e. The number of benzene rings is 2. The van der Waals surface area contributed by atoms with Gasteiger partial charge in [0.15, 0.2) is 5.78 Å². The first-order valence-electron chi connectivity index (χ1n) is 7.04. The van der Waals surface area contributed by atoms with Gasteiger partial charge in [-0.15, -0.1) is 0 Å². The van der Waals surface area contributed by atoms with Crippen LogP contribution in [0.25, 0.3) is 6.08 Å². The lowest BCUT2D eigenvalue weighted by atomic mass is 10.1. The molecule has 0 unspecified atom stereocenters. The smallest absolute Gasteiger partial charge is 0.193 e. The molecule has 0 heterocycles. The molecule has 2 N–H and O–H groups in total. The van der Waals surface area contributed by atoms with Gasteiger partial charge in [-0.2, -0.15) is 0 Å². The summed E-state index contributed by atoms with van der Waals surface area (Å²) in [4.78, 5) is 12.5. The zero-order valence-corrected chi connectivity index (χ0v) is 13.6. The first kappa shape index (κ1) is 17.2. The van der Waals surface area contributed by atoms with Crippen LogP contribution >= 0.6 is 0 Å². The number of ether oxygens (including phenoxy) is 3. The Balaban J connectivity index is 2.42. The Morgan fingerprint density at radius 2 is 1.58 bits per heavy atom. The summed E-state index contributed by atoms with van der Waals surface area (Å²) in [5.41, 5.74) is 0.548. The fourth-order valence-electron chi connectivity index (χ4n) is 2.17. The highest BCUT2D eigenvalue weighted by Gasteiger charge is 2.18. The van der Waals surface area contributed by atoms with Crippen molar-refractivity contribution in [3.05, 3.63) is 47.5 Å². The molecular formula is C18H18O6. The Morgan fingerprint density at radius 3 is 2.12 bits per heavy atom. The monoisotopic (exact) mass is 330 g/mol. The maximum atomic E-state index is 12.5. The van der Waals surface area contributed by atoms with E-state index in [1.165, 1.54) is 51.7 Å². The number of rotatable bonds is 6. The molecule has 126 valence electrons. The summed E-state index contributed by atoms with van der Waals surface area (Å²) in [7, 11) is 4.38. The van der Waals surface area contributed by atoms with Crippen LogP contribution < -0.4 is 14.2 Å². The normalized spacial score (nSPS) is 10.6. The summed E-state index contributed by atoms with van der Waals surface area (Å²) in [5.74, 6) is 0.663. The number of carbonyl (C=O) groups is 1. The number of hydrogen-bond donors (Lipinski definition) is 2. The van der Waals surface area contributed by atoms with E-state index in [9.17, 15) is 15.0 Å². The van der Waals surface area contributed by atoms with E-state index >= 15 is 0 Å². The minimum Gasteiger partial charge on any atom is -0.508 e. The lowest BCUT2D eigenvalue weighted by Crippen LogP contribution is -2.03. The standard InChI is InChI=1S/C18H18O6/c1-22-13-9-16(23-2)18(17(10-13)24-3)15(21)6-4-11-8-12(19)5-7-14(11)20/h4-10,19-20H,1-3H3. The molecule has 6 nitrogen and oxygen atoms in total. The lowest BCUT2D eigenvalue weighted by molar-refractivity contribution is 0.104. The topological polar surface area (TPSA) is 85.2 Å². The highest BCUT2D eigenvalue weighted by atomic mass is 16.5. The molecule has 2 rings (SSSR count).